The van der Waals surface area contributed by atoms with Crippen molar-refractivity contribution in [1.82, 2.24) is 4.72 Å². The second kappa shape index (κ2) is 16.5. The normalized spacial score (nSPS) is 13.8. The van der Waals surface area contributed by atoms with E-state index in [2.05, 4.69) is 86.7 Å². The van der Waals surface area contributed by atoms with Crippen molar-refractivity contribution >= 4 is 27.6 Å². The van der Waals surface area contributed by atoms with Gasteiger partial charge in [0.15, 0.2) is 0 Å². The first-order valence-electron chi connectivity index (χ1n) is 18.8. The van der Waals surface area contributed by atoms with Gasteiger partial charge < -0.3 is 4.74 Å². The zero-order valence-electron chi connectivity index (χ0n) is 33.3. The Morgan fingerprint density at radius 3 is 2.02 bits per heavy atom. The maximum absolute atomic E-state index is 13.4. The number of rotatable bonds is 12. The molecule has 4 aromatic rings. The average Bonchev–Trinajstić information content (AvgIpc) is 3.12. The highest BCUT2D eigenvalue weighted by atomic mass is 32.2. The van der Waals surface area contributed by atoms with Gasteiger partial charge in [-0.25, -0.2) is 4.72 Å². The van der Waals surface area contributed by atoms with Crippen molar-refractivity contribution in [3.05, 3.63) is 164 Å². The van der Waals surface area contributed by atoms with Crippen LogP contribution in [0.3, 0.4) is 0 Å². The third-order valence-electron chi connectivity index (χ3n) is 10.2. The number of hydrogen-bond acceptors (Lipinski definition) is 4. The number of fused-ring (bicyclic) bond motifs is 2. The van der Waals surface area contributed by atoms with Crippen LogP contribution in [0.15, 0.2) is 115 Å². The van der Waals surface area contributed by atoms with E-state index in [9.17, 15) is 26.4 Å². The second-order valence-corrected chi connectivity index (χ2v) is 17.1. The first-order valence-corrected chi connectivity index (χ1v) is 20.3. The van der Waals surface area contributed by atoms with Crippen molar-refractivity contribution in [3.63, 3.8) is 0 Å². The average molecular weight is 782 g/mol. The predicted octanol–water partition coefficient (Wildman–Crippen LogP) is 10.6. The van der Waals surface area contributed by atoms with Crippen molar-refractivity contribution in [3.8, 4) is 11.5 Å². The number of sulfonamides is 1. The van der Waals surface area contributed by atoms with E-state index in [-0.39, 0.29) is 23.0 Å². The van der Waals surface area contributed by atoms with Crippen molar-refractivity contribution < 1.29 is 31.1 Å². The molecule has 9 heteroatoms. The highest BCUT2D eigenvalue weighted by molar-refractivity contribution is 7.90. The zero-order chi connectivity index (χ0) is 41.3. The summed E-state index contributed by atoms with van der Waals surface area (Å²) in [6.07, 6.45) is 4.54. The first kappa shape index (κ1) is 42.0. The van der Waals surface area contributed by atoms with Crippen molar-refractivity contribution in [2.24, 2.45) is 11.8 Å². The summed E-state index contributed by atoms with van der Waals surface area (Å²) in [5.74, 6) is 0.479. The van der Waals surface area contributed by atoms with Gasteiger partial charge in [-0.05, 0) is 110 Å². The standard InChI is InChI=1S/C47H50F3NO4S/c1-11-34(28(4)5)41(31(10)27(2)3)23-32-19-21-39-43(25-32)55-44-26-33(24-42-35(29(6)7)17-14-18-36(42)30(8)9)20-22-40(44)45(39)37-15-12-13-16-38(37)46(52)51-56(53,54)47(48,49)50/h11-23,25-30H,1,10,24H2,2-9H3,(H,51,52)/b32-23+,41-34+. The van der Waals surface area contributed by atoms with Crippen LogP contribution in [0, 0.1) is 11.8 Å². The number of benzene rings is 4. The molecule has 0 fully saturated rings. The number of alkyl halides is 3. The van der Waals surface area contributed by atoms with E-state index in [0.717, 1.165) is 27.5 Å². The van der Waals surface area contributed by atoms with Crippen molar-refractivity contribution in [2.75, 3.05) is 0 Å². The lowest BCUT2D eigenvalue weighted by atomic mass is 9.84. The molecule has 0 saturated carbocycles. The Bertz CT molecular complexity index is 2440. The van der Waals surface area contributed by atoms with Gasteiger partial charge in [0.25, 0.3) is 5.91 Å². The molecule has 0 atom stereocenters. The number of allylic oxidation sites excluding steroid dienone is 4. The van der Waals surface area contributed by atoms with Gasteiger partial charge in [-0.2, -0.15) is 21.6 Å². The van der Waals surface area contributed by atoms with E-state index in [0.29, 0.717) is 46.1 Å². The molecular weight excluding hydrogens is 732 g/mol. The van der Waals surface area contributed by atoms with Crippen LogP contribution in [0.4, 0.5) is 13.2 Å². The van der Waals surface area contributed by atoms with Gasteiger partial charge >= 0.3 is 15.5 Å². The maximum atomic E-state index is 13.4. The van der Waals surface area contributed by atoms with Crippen LogP contribution in [-0.4, -0.2) is 19.8 Å². The summed E-state index contributed by atoms with van der Waals surface area (Å²) in [6.45, 7) is 25.5. The molecule has 0 spiro atoms. The lowest BCUT2D eigenvalue weighted by Crippen LogP contribution is -2.40. The Labute approximate surface area is 329 Å². The van der Waals surface area contributed by atoms with Gasteiger partial charge in [-0.15, -0.1) is 0 Å². The van der Waals surface area contributed by atoms with E-state index in [1.165, 1.54) is 33.5 Å². The summed E-state index contributed by atoms with van der Waals surface area (Å²) in [5.41, 5.74) is 3.13. The number of ether oxygens (including phenoxy) is 1. The number of amides is 1. The fourth-order valence-electron chi connectivity index (χ4n) is 7.18. The van der Waals surface area contributed by atoms with Crippen molar-refractivity contribution in [1.29, 1.82) is 0 Å². The summed E-state index contributed by atoms with van der Waals surface area (Å²) < 4.78 is 72.2. The van der Waals surface area contributed by atoms with Crippen LogP contribution in [0.2, 0.25) is 0 Å². The monoisotopic (exact) mass is 781 g/mol. The molecule has 1 aliphatic rings. The van der Waals surface area contributed by atoms with E-state index in [4.69, 9.17) is 4.74 Å². The summed E-state index contributed by atoms with van der Waals surface area (Å²) in [5, 5.41) is 1.39. The van der Waals surface area contributed by atoms with Gasteiger partial charge in [0, 0.05) is 21.9 Å². The molecule has 5 rings (SSSR count). The Kier molecular flexibility index (Phi) is 12.4. The summed E-state index contributed by atoms with van der Waals surface area (Å²) in [4.78, 5) is 13.4. The minimum Gasteiger partial charge on any atom is -0.456 e. The van der Waals surface area contributed by atoms with Crippen LogP contribution in [-0.2, 0) is 16.4 Å². The molecule has 0 unspecified atom stereocenters. The maximum Gasteiger partial charge on any atom is 0.516 e. The van der Waals surface area contributed by atoms with E-state index < -0.39 is 21.4 Å². The van der Waals surface area contributed by atoms with Gasteiger partial charge in [-0.3, -0.25) is 4.79 Å². The SMILES string of the molecule is C=C/C(=C(/C=c1\ccc2c(c1)Oc1cc(Cc3c(C(C)C)cccc3C(C)C)ccc1C=2c1ccccc1C(=O)NS(=O)(=O)C(F)(F)F)C(=C)C(C)C)C(C)C. The van der Waals surface area contributed by atoms with E-state index in [1.807, 2.05) is 48.6 Å². The summed E-state index contributed by atoms with van der Waals surface area (Å²) in [7, 11) is -5.97. The zero-order valence-corrected chi connectivity index (χ0v) is 34.1. The molecule has 4 aromatic carbocycles. The fraction of sp³-hybridized carbons (Fsp3) is 0.298. The largest absolute Gasteiger partial charge is 0.516 e. The van der Waals surface area contributed by atoms with Crippen LogP contribution < -0.4 is 19.9 Å². The Morgan fingerprint density at radius 2 is 1.45 bits per heavy atom. The molecule has 0 aromatic heterocycles. The molecule has 1 heterocycles. The molecule has 5 nitrogen and oxygen atoms in total. The van der Waals surface area contributed by atoms with E-state index >= 15 is 0 Å². The van der Waals surface area contributed by atoms with Crippen LogP contribution in [0.25, 0.3) is 11.6 Å². The quantitative estimate of drug-likeness (QED) is 0.128. The molecule has 1 amide bonds. The first-order chi connectivity index (χ1) is 26.2. The number of carbonyl (C=O) groups is 1. The molecule has 294 valence electrons. The number of halogens is 3. The Morgan fingerprint density at radius 1 is 0.804 bits per heavy atom. The second-order valence-electron chi connectivity index (χ2n) is 15.4. The van der Waals surface area contributed by atoms with Crippen LogP contribution in [0.5, 0.6) is 11.5 Å². The number of nitrogens with one attached hydrogen (secondary N) is 1. The van der Waals surface area contributed by atoms with Gasteiger partial charge in [-0.1, -0.05) is 129 Å². The lowest BCUT2D eigenvalue weighted by Gasteiger charge is -2.24. The third kappa shape index (κ3) is 8.63. The molecule has 0 aliphatic carbocycles. The summed E-state index contributed by atoms with van der Waals surface area (Å²) >= 11 is 0. The minimum atomic E-state index is -5.97. The number of carbonyl (C=O) groups excluding carboxylic acids is 1. The Hall–Kier alpha value is -5.15. The third-order valence-corrected chi connectivity index (χ3v) is 11.2. The highest BCUT2D eigenvalue weighted by Gasteiger charge is 2.47. The Balaban J connectivity index is 1.78. The summed E-state index contributed by atoms with van der Waals surface area (Å²) in [6, 6.07) is 23.9. The minimum absolute atomic E-state index is 0.162. The van der Waals surface area contributed by atoms with E-state index in [1.54, 1.807) is 12.1 Å². The molecular formula is C47H50F3NO4S. The number of hydrogen-bond donors (Lipinski definition) is 1. The molecule has 1 N–H and O–H groups in total. The van der Waals surface area contributed by atoms with Crippen LogP contribution in [0.1, 0.15) is 111 Å². The molecule has 0 radical (unpaired) electrons. The van der Waals surface area contributed by atoms with Crippen LogP contribution >= 0.6 is 0 Å². The fourth-order valence-corrected chi connectivity index (χ4v) is 7.65. The molecule has 1 aliphatic heterocycles. The topological polar surface area (TPSA) is 72.5 Å². The van der Waals surface area contributed by atoms with Gasteiger partial charge in [0.1, 0.15) is 11.5 Å². The van der Waals surface area contributed by atoms with Gasteiger partial charge in [0.05, 0.1) is 0 Å². The highest BCUT2D eigenvalue weighted by Crippen LogP contribution is 2.39. The predicted molar refractivity (Wildman–Crippen MR) is 221 cm³/mol. The molecule has 56 heavy (non-hydrogen) atoms. The van der Waals surface area contributed by atoms with Gasteiger partial charge in [0.2, 0.25) is 0 Å². The van der Waals surface area contributed by atoms with Crippen molar-refractivity contribution in [2.45, 2.75) is 79.2 Å². The molecule has 0 bridgehead atoms. The molecule has 0 saturated heterocycles. The lowest BCUT2D eigenvalue weighted by molar-refractivity contribution is -0.0446. The smallest absolute Gasteiger partial charge is 0.456 e.